The molecule has 0 unspecified atom stereocenters. The Kier molecular flexibility index (Phi) is 4.30. The highest BCUT2D eigenvalue weighted by Crippen LogP contribution is 2.10. The van der Waals surface area contributed by atoms with Crippen LogP contribution in [-0.2, 0) is 0 Å². The van der Waals surface area contributed by atoms with Crippen LogP contribution in [0.15, 0.2) is 24.9 Å². The molecular formula is C8H15NOS. The Labute approximate surface area is 72.6 Å². The van der Waals surface area contributed by atoms with Crippen molar-refractivity contribution in [3.63, 3.8) is 0 Å². The lowest BCUT2D eigenvalue weighted by Gasteiger charge is -2.25. The van der Waals surface area contributed by atoms with Gasteiger partial charge in [0.1, 0.15) is 0 Å². The van der Waals surface area contributed by atoms with Crippen LogP contribution in [0.5, 0.6) is 0 Å². The van der Waals surface area contributed by atoms with E-state index in [4.69, 9.17) is 4.55 Å². The lowest BCUT2D eigenvalue weighted by Crippen LogP contribution is -2.40. The zero-order chi connectivity index (χ0) is 8.91. The molecule has 0 fully saturated rings. The van der Waals surface area contributed by atoms with Gasteiger partial charge in [-0.2, -0.15) is 0 Å². The van der Waals surface area contributed by atoms with Crippen molar-refractivity contribution in [1.29, 1.82) is 0 Å². The van der Waals surface area contributed by atoms with E-state index in [1.54, 1.807) is 6.08 Å². The third-order valence-electron chi connectivity index (χ3n) is 1.17. The van der Waals surface area contributed by atoms with Gasteiger partial charge in [-0.25, -0.2) is 0 Å². The molecule has 3 heteroatoms. The van der Waals surface area contributed by atoms with E-state index in [1.165, 1.54) is 0 Å². The van der Waals surface area contributed by atoms with Crippen LogP contribution in [0.3, 0.4) is 0 Å². The van der Waals surface area contributed by atoms with E-state index in [-0.39, 0.29) is 5.54 Å². The highest BCUT2D eigenvalue weighted by molar-refractivity contribution is 7.93. The molecule has 0 saturated heterocycles. The van der Waals surface area contributed by atoms with Gasteiger partial charge in [0, 0.05) is 17.0 Å². The average molecular weight is 173 g/mol. The first-order valence-electron chi connectivity index (χ1n) is 3.38. The van der Waals surface area contributed by atoms with Crippen LogP contribution in [0.1, 0.15) is 13.8 Å². The third kappa shape index (κ3) is 4.93. The Hall–Kier alpha value is -0.410. The van der Waals surface area contributed by atoms with Gasteiger partial charge in [0.15, 0.2) is 0 Å². The van der Waals surface area contributed by atoms with Crippen molar-refractivity contribution in [2.45, 2.75) is 19.4 Å². The topological polar surface area (TPSA) is 32.3 Å². The van der Waals surface area contributed by atoms with Gasteiger partial charge in [-0.05, 0) is 32.0 Å². The van der Waals surface area contributed by atoms with Crippen LogP contribution in [0.2, 0.25) is 0 Å². The summed E-state index contributed by atoms with van der Waals surface area (Å²) in [6.45, 7) is 11.3. The number of hydrogen-bond acceptors (Lipinski definition) is 3. The van der Waals surface area contributed by atoms with E-state index >= 15 is 0 Å². The van der Waals surface area contributed by atoms with E-state index in [0.717, 1.165) is 17.7 Å². The normalized spacial score (nSPS) is 10.8. The minimum atomic E-state index is -0.134. The van der Waals surface area contributed by atoms with Crippen LogP contribution in [0, 0.1) is 0 Å². The van der Waals surface area contributed by atoms with Crippen molar-refractivity contribution in [3.8, 4) is 0 Å². The van der Waals surface area contributed by atoms with E-state index in [2.05, 4.69) is 18.5 Å². The van der Waals surface area contributed by atoms with Crippen molar-refractivity contribution in [2.24, 2.45) is 0 Å². The molecule has 0 aliphatic heterocycles. The second kappa shape index (κ2) is 4.46. The number of hydrogen-bond donors (Lipinski definition) is 2. The maximum Gasteiger partial charge on any atom is 0.0429 e. The molecule has 0 aromatic carbocycles. The van der Waals surface area contributed by atoms with E-state index in [0.29, 0.717) is 5.75 Å². The van der Waals surface area contributed by atoms with E-state index in [1.807, 2.05) is 13.8 Å². The Morgan fingerprint density at radius 1 is 1.73 bits per heavy atom. The fourth-order valence-electron chi connectivity index (χ4n) is 0.683. The summed E-state index contributed by atoms with van der Waals surface area (Å²) >= 11 is 0.823. The SMILES string of the molecule is C=CC(=C)NC(C)(C)CSO. The summed E-state index contributed by atoms with van der Waals surface area (Å²) in [4.78, 5) is 0. The van der Waals surface area contributed by atoms with Gasteiger partial charge in [-0.1, -0.05) is 13.2 Å². The van der Waals surface area contributed by atoms with Gasteiger partial charge in [0.2, 0.25) is 0 Å². The molecule has 0 saturated carbocycles. The van der Waals surface area contributed by atoms with Gasteiger partial charge < -0.3 is 9.87 Å². The zero-order valence-electron chi connectivity index (χ0n) is 7.05. The van der Waals surface area contributed by atoms with Gasteiger partial charge in [-0.15, -0.1) is 0 Å². The number of nitrogens with one attached hydrogen (secondary N) is 1. The van der Waals surface area contributed by atoms with Gasteiger partial charge in [0.25, 0.3) is 0 Å². The lowest BCUT2D eigenvalue weighted by atomic mass is 10.1. The Morgan fingerprint density at radius 2 is 2.27 bits per heavy atom. The van der Waals surface area contributed by atoms with Crippen LogP contribution < -0.4 is 5.32 Å². The quantitative estimate of drug-likeness (QED) is 0.494. The fourth-order valence-corrected chi connectivity index (χ4v) is 1.08. The average Bonchev–Trinajstić information content (AvgIpc) is 1.86. The first kappa shape index (κ1) is 10.6. The molecule has 0 spiro atoms. The second-order valence-corrected chi connectivity index (χ2v) is 3.56. The zero-order valence-corrected chi connectivity index (χ0v) is 7.87. The maximum absolute atomic E-state index is 8.61. The molecule has 0 amide bonds. The molecule has 0 aliphatic rings. The third-order valence-corrected chi connectivity index (χ3v) is 2.02. The highest BCUT2D eigenvalue weighted by atomic mass is 32.2. The molecule has 64 valence electrons. The lowest BCUT2D eigenvalue weighted by molar-refractivity contribution is 0.482. The smallest absolute Gasteiger partial charge is 0.0429 e. The van der Waals surface area contributed by atoms with Crippen LogP contribution in [0.25, 0.3) is 0 Å². The summed E-state index contributed by atoms with van der Waals surface area (Å²) in [5, 5.41) is 3.11. The summed E-state index contributed by atoms with van der Waals surface area (Å²) in [6, 6.07) is 0. The number of rotatable bonds is 5. The van der Waals surface area contributed by atoms with E-state index < -0.39 is 0 Å². The minimum Gasteiger partial charge on any atom is -0.380 e. The molecule has 0 heterocycles. The van der Waals surface area contributed by atoms with E-state index in [9.17, 15) is 0 Å². The van der Waals surface area contributed by atoms with Crippen molar-refractivity contribution >= 4 is 12.0 Å². The monoisotopic (exact) mass is 173 g/mol. The molecular weight excluding hydrogens is 158 g/mol. The number of allylic oxidation sites excluding steroid dienone is 1. The molecule has 11 heavy (non-hydrogen) atoms. The van der Waals surface area contributed by atoms with Gasteiger partial charge >= 0.3 is 0 Å². The largest absolute Gasteiger partial charge is 0.380 e. The Morgan fingerprint density at radius 3 is 2.64 bits per heavy atom. The predicted molar refractivity (Wildman–Crippen MR) is 51.6 cm³/mol. The summed E-state index contributed by atoms with van der Waals surface area (Å²) in [6.07, 6.45) is 1.66. The van der Waals surface area contributed by atoms with Crippen LogP contribution in [0.4, 0.5) is 0 Å². The van der Waals surface area contributed by atoms with Gasteiger partial charge in [0.05, 0.1) is 0 Å². The second-order valence-electron chi connectivity index (χ2n) is 3.01. The summed E-state index contributed by atoms with van der Waals surface area (Å²) in [5.74, 6) is 0.625. The molecule has 2 nitrogen and oxygen atoms in total. The summed E-state index contributed by atoms with van der Waals surface area (Å²) < 4.78 is 8.61. The minimum absolute atomic E-state index is 0.134. The highest BCUT2D eigenvalue weighted by Gasteiger charge is 2.16. The molecule has 0 aromatic rings. The van der Waals surface area contributed by atoms with Crippen LogP contribution in [-0.4, -0.2) is 15.8 Å². The molecule has 0 radical (unpaired) electrons. The first-order valence-corrected chi connectivity index (χ1v) is 4.32. The Bertz CT molecular complexity index is 154. The maximum atomic E-state index is 8.61. The van der Waals surface area contributed by atoms with Crippen molar-refractivity contribution < 1.29 is 4.55 Å². The molecule has 0 rings (SSSR count). The van der Waals surface area contributed by atoms with Gasteiger partial charge in [-0.3, -0.25) is 0 Å². The summed E-state index contributed by atoms with van der Waals surface area (Å²) in [5.41, 5.74) is 0.647. The standard InChI is InChI=1S/C8H15NOS/c1-5-7(2)9-8(3,4)6-11-10/h5,9-10H,1-2,6H2,3-4H3. The predicted octanol–water partition coefficient (Wildman–Crippen LogP) is 2.26. The Balaban J connectivity index is 3.89. The summed E-state index contributed by atoms with van der Waals surface area (Å²) in [7, 11) is 0. The molecule has 0 aliphatic carbocycles. The molecule has 0 aromatic heterocycles. The van der Waals surface area contributed by atoms with Crippen LogP contribution >= 0.6 is 12.0 Å². The van der Waals surface area contributed by atoms with Crippen molar-refractivity contribution in [3.05, 3.63) is 24.9 Å². The molecule has 0 atom stereocenters. The fraction of sp³-hybridized carbons (Fsp3) is 0.500. The van der Waals surface area contributed by atoms with Crippen molar-refractivity contribution in [2.75, 3.05) is 5.75 Å². The molecule has 0 bridgehead atoms. The first-order chi connectivity index (χ1) is 5.02. The van der Waals surface area contributed by atoms with Crippen molar-refractivity contribution in [1.82, 2.24) is 5.32 Å². The molecule has 2 N–H and O–H groups in total.